The molecule has 0 saturated heterocycles. The zero-order chi connectivity index (χ0) is 18.2. The number of carbonyl (C=O) groups excluding carboxylic acids is 1. The molecule has 1 aromatic heterocycles. The van der Waals surface area contributed by atoms with Crippen molar-refractivity contribution in [2.75, 3.05) is 14.2 Å². The largest absolute Gasteiger partial charge is 0.496 e. The monoisotopic (exact) mass is 346 g/mol. The number of benzene rings is 2. The first-order valence-electron chi connectivity index (χ1n) is 8.53. The first-order valence-corrected chi connectivity index (χ1v) is 8.53. The number of furan rings is 1. The van der Waals surface area contributed by atoms with Crippen molar-refractivity contribution < 1.29 is 18.7 Å². The highest BCUT2D eigenvalue weighted by Gasteiger charge is 2.50. The number of rotatable bonds is 2. The van der Waals surface area contributed by atoms with Gasteiger partial charge in [0.25, 0.3) is 0 Å². The van der Waals surface area contributed by atoms with Gasteiger partial charge < -0.3 is 13.9 Å². The van der Waals surface area contributed by atoms with Crippen LogP contribution in [0.25, 0.3) is 16.3 Å². The molecule has 0 amide bonds. The van der Waals surface area contributed by atoms with Gasteiger partial charge in [0.2, 0.25) is 5.78 Å². The summed E-state index contributed by atoms with van der Waals surface area (Å²) in [5.74, 6) is 1.83. The molecule has 0 fully saturated rings. The van der Waals surface area contributed by atoms with Crippen LogP contribution in [-0.2, 0) is 11.8 Å². The highest BCUT2D eigenvalue weighted by molar-refractivity contribution is 6.15. The second kappa shape index (κ2) is 4.79. The third-order valence-corrected chi connectivity index (χ3v) is 5.93. The van der Waals surface area contributed by atoms with E-state index in [0.717, 1.165) is 38.8 Å². The van der Waals surface area contributed by atoms with Crippen molar-refractivity contribution in [1.29, 1.82) is 0 Å². The number of hydrogen-bond donors (Lipinski definition) is 0. The average Bonchev–Trinajstić information content (AvgIpc) is 3.05. The first kappa shape index (κ1) is 15.3. The standard InChI is InChI=1S/C22H18O4/c1-11-16-10-26-21-19(16)22(11,2)9-12-7-14-15(8-13(12)20(21)23)18(25-4)6-5-17(14)24-3/h5-8,10H,1,9H2,2-4H3. The summed E-state index contributed by atoms with van der Waals surface area (Å²) in [5, 5.41) is 1.79. The molecule has 4 nitrogen and oxygen atoms in total. The van der Waals surface area contributed by atoms with Crippen molar-refractivity contribution in [1.82, 2.24) is 0 Å². The highest BCUT2D eigenvalue weighted by atomic mass is 16.5. The van der Waals surface area contributed by atoms with Gasteiger partial charge in [-0.25, -0.2) is 0 Å². The summed E-state index contributed by atoms with van der Waals surface area (Å²) < 4.78 is 16.7. The van der Waals surface area contributed by atoms with Crippen LogP contribution in [0, 0.1) is 0 Å². The lowest BCUT2D eigenvalue weighted by atomic mass is 9.60. The van der Waals surface area contributed by atoms with Crippen molar-refractivity contribution in [3.05, 3.63) is 65.1 Å². The number of fused-ring (bicyclic) bond motifs is 2. The molecule has 1 atom stereocenters. The van der Waals surface area contributed by atoms with Crippen LogP contribution in [0.15, 0.2) is 41.5 Å². The predicted molar refractivity (Wildman–Crippen MR) is 99.3 cm³/mol. The molecule has 0 N–H and O–H groups in total. The fourth-order valence-electron chi connectivity index (χ4n) is 4.48. The van der Waals surface area contributed by atoms with E-state index in [2.05, 4.69) is 13.5 Å². The molecule has 0 spiro atoms. The molecule has 130 valence electrons. The molecule has 0 aliphatic heterocycles. The van der Waals surface area contributed by atoms with E-state index in [1.54, 1.807) is 20.5 Å². The van der Waals surface area contributed by atoms with E-state index in [9.17, 15) is 4.79 Å². The zero-order valence-corrected chi connectivity index (χ0v) is 14.9. The Kier molecular flexibility index (Phi) is 2.81. The Bertz CT molecular complexity index is 1130. The van der Waals surface area contributed by atoms with Crippen LogP contribution in [-0.4, -0.2) is 20.0 Å². The Labute approximate surface area is 151 Å². The number of carbonyl (C=O) groups is 1. The second-order valence-electron chi connectivity index (χ2n) is 7.20. The van der Waals surface area contributed by atoms with Crippen molar-refractivity contribution in [2.24, 2.45) is 0 Å². The van der Waals surface area contributed by atoms with Crippen LogP contribution < -0.4 is 9.47 Å². The molecule has 0 bridgehead atoms. The number of ether oxygens (including phenoxy) is 2. The lowest BCUT2D eigenvalue weighted by Crippen LogP contribution is -2.35. The van der Waals surface area contributed by atoms with Crippen LogP contribution in [0.1, 0.15) is 39.7 Å². The summed E-state index contributed by atoms with van der Waals surface area (Å²) >= 11 is 0. The Balaban J connectivity index is 1.85. The van der Waals surface area contributed by atoms with Crippen molar-refractivity contribution >= 4 is 22.1 Å². The van der Waals surface area contributed by atoms with E-state index in [1.807, 2.05) is 24.3 Å². The summed E-state index contributed by atoms with van der Waals surface area (Å²) in [6, 6.07) is 7.69. The minimum Gasteiger partial charge on any atom is -0.496 e. The molecule has 0 saturated carbocycles. The lowest BCUT2D eigenvalue weighted by Gasteiger charge is -2.40. The second-order valence-corrected chi connectivity index (χ2v) is 7.20. The van der Waals surface area contributed by atoms with E-state index < -0.39 is 0 Å². The van der Waals surface area contributed by atoms with E-state index in [0.29, 0.717) is 23.5 Å². The Morgan fingerprint density at radius 1 is 1.08 bits per heavy atom. The fourth-order valence-corrected chi connectivity index (χ4v) is 4.48. The van der Waals surface area contributed by atoms with Gasteiger partial charge in [0.1, 0.15) is 11.5 Å². The summed E-state index contributed by atoms with van der Waals surface area (Å²) in [5.41, 5.74) is 4.37. The molecule has 3 aromatic rings. The van der Waals surface area contributed by atoms with Gasteiger partial charge in [0, 0.05) is 32.9 Å². The molecule has 5 rings (SSSR count). The summed E-state index contributed by atoms with van der Waals surface area (Å²) in [6.45, 7) is 6.35. The number of allylic oxidation sites excluding steroid dienone is 1. The third kappa shape index (κ3) is 1.62. The normalized spacial score (nSPS) is 20.3. The van der Waals surface area contributed by atoms with Crippen molar-refractivity contribution in [3.8, 4) is 11.5 Å². The van der Waals surface area contributed by atoms with Crippen LogP contribution >= 0.6 is 0 Å². The van der Waals surface area contributed by atoms with Crippen LogP contribution in [0.3, 0.4) is 0 Å². The molecule has 1 unspecified atom stereocenters. The lowest BCUT2D eigenvalue weighted by molar-refractivity contribution is 0.101. The fraction of sp³-hybridized carbons (Fsp3) is 0.227. The smallest absolute Gasteiger partial charge is 0.228 e. The summed E-state index contributed by atoms with van der Waals surface area (Å²) in [7, 11) is 3.27. The van der Waals surface area contributed by atoms with Gasteiger partial charge in [-0.2, -0.15) is 0 Å². The molecule has 4 heteroatoms. The minimum absolute atomic E-state index is 0.0794. The molecular formula is C22H18O4. The van der Waals surface area contributed by atoms with Gasteiger partial charge in [-0.15, -0.1) is 0 Å². The summed E-state index contributed by atoms with van der Waals surface area (Å²) in [6.07, 6.45) is 2.37. The zero-order valence-electron chi connectivity index (χ0n) is 14.9. The van der Waals surface area contributed by atoms with Gasteiger partial charge in [0.05, 0.1) is 20.5 Å². The SMILES string of the molecule is C=C1c2coc3c2C1(C)Cc1cc2c(OC)ccc(OC)c2cc1C3=O. The van der Waals surface area contributed by atoms with Gasteiger partial charge in [-0.3, -0.25) is 4.79 Å². The van der Waals surface area contributed by atoms with Crippen molar-refractivity contribution in [2.45, 2.75) is 18.8 Å². The van der Waals surface area contributed by atoms with E-state index in [1.165, 1.54) is 0 Å². The maximum Gasteiger partial charge on any atom is 0.228 e. The Morgan fingerprint density at radius 2 is 1.73 bits per heavy atom. The van der Waals surface area contributed by atoms with E-state index in [4.69, 9.17) is 13.9 Å². The van der Waals surface area contributed by atoms with Gasteiger partial charge in [0.15, 0.2) is 5.76 Å². The van der Waals surface area contributed by atoms with Crippen molar-refractivity contribution in [3.63, 3.8) is 0 Å². The number of ketones is 1. The minimum atomic E-state index is -0.266. The quantitative estimate of drug-likeness (QED) is 0.684. The maximum atomic E-state index is 13.2. The summed E-state index contributed by atoms with van der Waals surface area (Å²) in [4.78, 5) is 13.2. The maximum absolute atomic E-state index is 13.2. The molecule has 2 aromatic carbocycles. The first-order chi connectivity index (χ1) is 12.5. The topological polar surface area (TPSA) is 48.7 Å². The van der Waals surface area contributed by atoms with Crippen LogP contribution in [0.2, 0.25) is 0 Å². The average molecular weight is 346 g/mol. The molecule has 1 heterocycles. The molecule has 0 radical (unpaired) electrons. The molecule has 26 heavy (non-hydrogen) atoms. The Hall–Kier alpha value is -3.01. The molecule has 2 aliphatic carbocycles. The van der Waals surface area contributed by atoms with Gasteiger partial charge in [-0.1, -0.05) is 13.5 Å². The van der Waals surface area contributed by atoms with E-state index in [-0.39, 0.29) is 11.2 Å². The van der Waals surface area contributed by atoms with Crippen LogP contribution in [0.4, 0.5) is 0 Å². The highest BCUT2D eigenvalue weighted by Crippen LogP contribution is 2.56. The van der Waals surface area contributed by atoms with E-state index >= 15 is 0 Å². The number of hydrogen-bond acceptors (Lipinski definition) is 4. The number of methoxy groups -OCH3 is 2. The van der Waals surface area contributed by atoms with Gasteiger partial charge in [-0.05, 0) is 41.8 Å². The Morgan fingerprint density at radius 3 is 2.38 bits per heavy atom. The third-order valence-electron chi connectivity index (χ3n) is 5.93. The predicted octanol–water partition coefficient (Wildman–Crippen LogP) is 4.52. The molecule has 2 aliphatic rings. The van der Waals surface area contributed by atoms with Gasteiger partial charge >= 0.3 is 0 Å². The molecular weight excluding hydrogens is 328 g/mol. The van der Waals surface area contributed by atoms with Crippen LogP contribution in [0.5, 0.6) is 11.5 Å².